The van der Waals surface area contributed by atoms with Crippen LogP contribution in [0.25, 0.3) is 0 Å². The van der Waals surface area contributed by atoms with Crippen LogP contribution in [0.5, 0.6) is 0 Å². The number of hydrogen-bond acceptors (Lipinski definition) is 4. The van der Waals surface area contributed by atoms with Gasteiger partial charge in [-0.15, -0.1) is 0 Å². The Kier molecular flexibility index (Phi) is 4.85. The first-order valence-electron chi connectivity index (χ1n) is 7.43. The maximum Gasteiger partial charge on any atom is 0.328 e. The number of aromatic nitrogens is 2. The zero-order valence-electron chi connectivity index (χ0n) is 13.5. The van der Waals surface area contributed by atoms with E-state index in [9.17, 15) is 14.7 Å². The van der Waals surface area contributed by atoms with Crippen LogP contribution in [0.4, 0.5) is 0 Å². The molecule has 2 unspecified atom stereocenters. The fourth-order valence-electron chi connectivity index (χ4n) is 2.86. The highest BCUT2D eigenvalue weighted by molar-refractivity contribution is 5.85. The van der Waals surface area contributed by atoms with Crippen LogP contribution in [-0.4, -0.2) is 57.5 Å². The second-order valence-corrected chi connectivity index (χ2v) is 5.84. The number of carboxylic acids is 1. The van der Waals surface area contributed by atoms with Crippen LogP contribution in [0.1, 0.15) is 23.9 Å². The lowest BCUT2D eigenvalue weighted by atomic mass is 9.97. The molecular weight excluding hydrogens is 286 g/mol. The lowest BCUT2D eigenvalue weighted by molar-refractivity contribution is -0.160. The minimum Gasteiger partial charge on any atom is -0.480 e. The molecule has 1 aliphatic heterocycles. The highest BCUT2D eigenvalue weighted by atomic mass is 16.5. The molecule has 1 aliphatic rings. The first-order chi connectivity index (χ1) is 10.3. The molecule has 7 nitrogen and oxygen atoms in total. The van der Waals surface area contributed by atoms with Crippen molar-refractivity contribution in [2.75, 3.05) is 19.8 Å². The second kappa shape index (κ2) is 6.48. The van der Waals surface area contributed by atoms with Crippen molar-refractivity contribution in [2.24, 2.45) is 13.0 Å². The van der Waals surface area contributed by atoms with Crippen LogP contribution < -0.4 is 0 Å². The molecule has 0 saturated carbocycles. The predicted molar refractivity (Wildman–Crippen MR) is 79.5 cm³/mol. The van der Waals surface area contributed by atoms with E-state index >= 15 is 0 Å². The van der Waals surface area contributed by atoms with Crippen molar-refractivity contribution in [3.8, 4) is 0 Å². The highest BCUT2D eigenvalue weighted by Gasteiger charge is 2.35. The van der Waals surface area contributed by atoms with E-state index in [1.807, 2.05) is 27.8 Å². The van der Waals surface area contributed by atoms with Gasteiger partial charge in [-0.1, -0.05) is 6.92 Å². The Morgan fingerprint density at radius 1 is 1.45 bits per heavy atom. The third-order valence-corrected chi connectivity index (χ3v) is 4.29. The van der Waals surface area contributed by atoms with Gasteiger partial charge in [-0.2, -0.15) is 5.10 Å². The van der Waals surface area contributed by atoms with Gasteiger partial charge in [-0.3, -0.25) is 9.48 Å². The van der Waals surface area contributed by atoms with Crippen LogP contribution in [0, 0.1) is 19.8 Å². The summed E-state index contributed by atoms with van der Waals surface area (Å²) in [4.78, 5) is 25.3. The van der Waals surface area contributed by atoms with Gasteiger partial charge in [0.25, 0.3) is 0 Å². The minimum absolute atomic E-state index is 0.0543. The van der Waals surface area contributed by atoms with Gasteiger partial charge in [0.15, 0.2) is 6.04 Å². The number of carboxylic acid groups (broad SMARTS) is 1. The molecule has 0 aliphatic carbocycles. The number of morpholine rings is 1. The number of carbonyl (C=O) groups excluding carboxylic acids is 1. The topological polar surface area (TPSA) is 84.7 Å². The third kappa shape index (κ3) is 3.14. The van der Waals surface area contributed by atoms with Crippen LogP contribution in [-0.2, 0) is 27.8 Å². The first kappa shape index (κ1) is 16.5. The van der Waals surface area contributed by atoms with Gasteiger partial charge in [-0.25, -0.2) is 4.79 Å². The molecule has 0 aromatic carbocycles. The fourth-order valence-corrected chi connectivity index (χ4v) is 2.86. The summed E-state index contributed by atoms with van der Waals surface area (Å²) in [6.07, 6.45) is 0.564. The summed E-state index contributed by atoms with van der Waals surface area (Å²) >= 11 is 0. The number of nitrogens with zero attached hydrogens (tertiary/aromatic N) is 3. The second-order valence-electron chi connectivity index (χ2n) is 5.84. The Morgan fingerprint density at radius 3 is 2.68 bits per heavy atom. The van der Waals surface area contributed by atoms with Crippen molar-refractivity contribution >= 4 is 11.9 Å². The van der Waals surface area contributed by atoms with Crippen LogP contribution in [0.2, 0.25) is 0 Å². The zero-order chi connectivity index (χ0) is 16.4. The standard InChI is InChI=1S/C15H23N3O4/c1-9(7-12-10(2)16-17(4)11(12)3)14(19)18-5-6-22-8-13(18)15(20)21/h9,13H,5-8H2,1-4H3,(H,20,21). The molecule has 0 bridgehead atoms. The predicted octanol–water partition coefficient (Wildman–Crippen LogP) is 0.528. The summed E-state index contributed by atoms with van der Waals surface area (Å²) in [5.74, 6) is -1.45. The van der Waals surface area contributed by atoms with Crippen molar-refractivity contribution in [2.45, 2.75) is 33.2 Å². The Labute approximate surface area is 129 Å². The molecule has 7 heteroatoms. The summed E-state index contributed by atoms with van der Waals surface area (Å²) in [7, 11) is 1.88. The van der Waals surface area contributed by atoms with E-state index in [-0.39, 0.29) is 18.4 Å². The van der Waals surface area contributed by atoms with Gasteiger partial charge in [0.05, 0.1) is 18.9 Å². The van der Waals surface area contributed by atoms with E-state index < -0.39 is 12.0 Å². The lowest BCUT2D eigenvalue weighted by Crippen LogP contribution is -2.54. The number of ether oxygens (including phenoxy) is 1. The van der Waals surface area contributed by atoms with Gasteiger partial charge in [0.1, 0.15) is 0 Å². The minimum atomic E-state index is -1.02. The van der Waals surface area contributed by atoms with E-state index in [0.717, 1.165) is 17.0 Å². The SMILES string of the molecule is Cc1nn(C)c(C)c1CC(C)C(=O)N1CCOCC1C(=O)O. The Morgan fingerprint density at radius 2 is 2.14 bits per heavy atom. The monoisotopic (exact) mass is 309 g/mol. The van der Waals surface area contributed by atoms with Crippen molar-refractivity contribution in [3.63, 3.8) is 0 Å². The number of aliphatic carboxylic acids is 1. The normalized spacial score (nSPS) is 20.0. The molecule has 2 rings (SSSR count). The van der Waals surface area contributed by atoms with Gasteiger partial charge in [-0.05, 0) is 25.8 Å². The Hall–Kier alpha value is -1.89. The summed E-state index contributed by atoms with van der Waals surface area (Å²) in [5, 5.41) is 13.6. The highest BCUT2D eigenvalue weighted by Crippen LogP contribution is 2.20. The molecule has 1 N–H and O–H groups in total. The molecule has 1 fully saturated rings. The van der Waals surface area contributed by atoms with Gasteiger partial charge >= 0.3 is 5.97 Å². The molecule has 1 aromatic rings. The quantitative estimate of drug-likeness (QED) is 0.877. The molecule has 1 saturated heterocycles. The van der Waals surface area contributed by atoms with Gasteiger partial charge in [0, 0.05) is 25.2 Å². The Bertz CT molecular complexity index is 582. The molecule has 0 spiro atoms. The van der Waals surface area contributed by atoms with E-state index in [0.29, 0.717) is 19.6 Å². The van der Waals surface area contributed by atoms with Crippen molar-refractivity contribution in [3.05, 3.63) is 17.0 Å². The average Bonchev–Trinajstić information content (AvgIpc) is 2.72. The molecule has 2 atom stereocenters. The number of hydrogen-bond donors (Lipinski definition) is 1. The summed E-state index contributed by atoms with van der Waals surface area (Å²) in [5.41, 5.74) is 3.01. The molecule has 1 aromatic heterocycles. The number of aryl methyl sites for hydroxylation is 2. The number of amides is 1. The molecule has 2 heterocycles. The third-order valence-electron chi connectivity index (χ3n) is 4.29. The maximum absolute atomic E-state index is 12.6. The molecule has 0 radical (unpaired) electrons. The molecule has 122 valence electrons. The summed E-state index contributed by atoms with van der Waals surface area (Å²) in [6, 6.07) is -0.889. The molecule has 22 heavy (non-hydrogen) atoms. The number of rotatable bonds is 4. The first-order valence-corrected chi connectivity index (χ1v) is 7.43. The summed E-state index contributed by atoms with van der Waals surface area (Å²) < 4.78 is 6.98. The van der Waals surface area contributed by atoms with Gasteiger partial charge < -0.3 is 14.7 Å². The van der Waals surface area contributed by atoms with Crippen LogP contribution in [0.3, 0.4) is 0 Å². The van der Waals surface area contributed by atoms with Crippen molar-refractivity contribution < 1.29 is 19.4 Å². The smallest absolute Gasteiger partial charge is 0.328 e. The van der Waals surface area contributed by atoms with E-state index in [2.05, 4.69) is 5.10 Å². The van der Waals surface area contributed by atoms with E-state index in [1.165, 1.54) is 4.90 Å². The van der Waals surface area contributed by atoms with E-state index in [4.69, 9.17) is 4.74 Å². The number of carbonyl (C=O) groups is 2. The zero-order valence-corrected chi connectivity index (χ0v) is 13.5. The van der Waals surface area contributed by atoms with Crippen molar-refractivity contribution in [1.29, 1.82) is 0 Å². The average molecular weight is 309 g/mol. The lowest BCUT2D eigenvalue weighted by Gasteiger charge is -2.34. The van der Waals surface area contributed by atoms with E-state index in [1.54, 1.807) is 4.68 Å². The largest absolute Gasteiger partial charge is 0.480 e. The molecular formula is C15H23N3O4. The maximum atomic E-state index is 12.6. The Balaban J connectivity index is 2.12. The van der Waals surface area contributed by atoms with Crippen molar-refractivity contribution in [1.82, 2.24) is 14.7 Å². The van der Waals surface area contributed by atoms with Gasteiger partial charge in [0.2, 0.25) is 5.91 Å². The summed E-state index contributed by atoms with van der Waals surface area (Å²) in [6.45, 7) is 6.50. The van der Waals surface area contributed by atoms with Crippen LogP contribution in [0.15, 0.2) is 0 Å². The van der Waals surface area contributed by atoms with Crippen LogP contribution >= 0.6 is 0 Å². The molecule has 1 amide bonds. The fraction of sp³-hybridized carbons (Fsp3) is 0.667.